The van der Waals surface area contributed by atoms with Crippen molar-refractivity contribution in [1.82, 2.24) is 15.3 Å². The van der Waals surface area contributed by atoms with Crippen molar-refractivity contribution in [3.63, 3.8) is 0 Å². The van der Waals surface area contributed by atoms with Crippen molar-refractivity contribution in [3.8, 4) is 21.3 Å². The predicted octanol–water partition coefficient (Wildman–Crippen LogP) is 3.58. The zero-order valence-corrected chi connectivity index (χ0v) is 10.8. The number of aromatic nitrogens is 3. The van der Waals surface area contributed by atoms with Gasteiger partial charge in [0.05, 0.1) is 16.0 Å². The molecule has 0 bridgehead atoms. The Labute approximate surface area is 107 Å². The molecule has 0 aliphatic carbocycles. The molecule has 92 valence electrons. The van der Waals surface area contributed by atoms with E-state index in [4.69, 9.17) is 9.05 Å². The summed E-state index contributed by atoms with van der Waals surface area (Å²) in [6.07, 6.45) is 1.62. The van der Waals surface area contributed by atoms with Crippen LogP contribution in [0.3, 0.4) is 0 Å². The zero-order chi connectivity index (χ0) is 12.5. The van der Waals surface area contributed by atoms with Crippen LogP contribution in [0.1, 0.15) is 25.7 Å². The third-order valence-electron chi connectivity index (χ3n) is 2.44. The lowest BCUT2D eigenvalue weighted by Crippen LogP contribution is -1.85. The molecule has 0 aromatic carbocycles. The van der Waals surface area contributed by atoms with Gasteiger partial charge in [0.1, 0.15) is 0 Å². The van der Waals surface area contributed by atoms with Gasteiger partial charge in [0.25, 0.3) is 0 Å². The normalized spacial score (nSPS) is 11.3. The van der Waals surface area contributed by atoms with Crippen LogP contribution in [0.5, 0.6) is 0 Å². The maximum Gasteiger partial charge on any atom is 0.229 e. The average Bonchev–Trinajstić information content (AvgIpc) is 3.10. The van der Waals surface area contributed by atoms with Gasteiger partial charge in [0.15, 0.2) is 5.76 Å². The van der Waals surface area contributed by atoms with Crippen molar-refractivity contribution >= 4 is 11.3 Å². The minimum absolute atomic E-state index is 0.236. The van der Waals surface area contributed by atoms with Crippen LogP contribution < -0.4 is 0 Å². The molecule has 3 aromatic rings. The highest BCUT2D eigenvalue weighted by Crippen LogP contribution is 2.33. The molecule has 3 rings (SSSR count). The summed E-state index contributed by atoms with van der Waals surface area (Å²) in [4.78, 5) is 6.32. The molecule has 18 heavy (non-hydrogen) atoms. The quantitative estimate of drug-likeness (QED) is 0.721. The Balaban J connectivity index is 1.93. The Bertz CT molecular complexity index is 640. The molecule has 3 heterocycles. The van der Waals surface area contributed by atoms with E-state index in [2.05, 4.69) is 15.3 Å². The third-order valence-corrected chi connectivity index (χ3v) is 3.54. The van der Waals surface area contributed by atoms with Gasteiger partial charge in [-0.05, 0) is 12.1 Å². The van der Waals surface area contributed by atoms with Crippen LogP contribution in [0.2, 0.25) is 0 Å². The van der Waals surface area contributed by atoms with E-state index >= 15 is 0 Å². The van der Waals surface area contributed by atoms with Crippen molar-refractivity contribution in [2.75, 3.05) is 0 Å². The molecular formula is C12H11N3O2S. The first-order valence-electron chi connectivity index (χ1n) is 5.59. The van der Waals surface area contributed by atoms with Crippen LogP contribution in [-0.2, 0) is 0 Å². The van der Waals surface area contributed by atoms with Gasteiger partial charge in [-0.15, -0.1) is 11.3 Å². The summed E-state index contributed by atoms with van der Waals surface area (Å²) in [5.41, 5.74) is 0. The van der Waals surface area contributed by atoms with Gasteiger partial charge in [0.2, 0.25) is 11.7 Å². The molecule has 0 amide bonds. The first-order valence-corrected chi connectivity index (χ1v) is 6.40. The molecule has 0 unspecified atom stereocenters. The van der Waals surface area contributed by atoms with Crippen LogP contribution >= 0.6 is 11.3 Å². The Morgan fingerprint density at radius 3 is 2.61 bits per heavy atom. The monoisotopic (exact) mass is 261 g/mol. The summed E-state index contributed by atoms with van der Waals surface area (Å²) in [6, 6.07) is 5.74. The van der Waals surface area contributed by atoms with E-state index in [-0.39, 0.29) is 5.92 Å². The molecule has 0 aliphatic rings. The average molecular weight is 261 g/mol. The van der Waals surface area contributed by atoms with Gasteiger partial charge in [-0.3, -0.25) is 0 Å². The Hall–Kier alpha value is -1.95. The molecule has 0 saturated carbocycles. The zero-order valence-electron chi connectivity index (χ0n) is 9.95. The summed E-state index contributed by atoms with van der Waals surface area (Å²) >= 11 is 1.55. The SMILES string of the molecule is CC(C)c1nc(-c2ccc(-c3ccno3)s2)no1. The highest BCUT2D eigenvalue weighted by Gasteiger charge is 2.14. The van der Waals surface area contributed by atoms with E-state index in [1.54, 1.807) is 17.5 Å². The fourth-order valence-electron chi connectivity index (χ4n) is 1.50. The summed E-state index contributed by atoms with van der Waals surface area (Å²) < 4.78 is 10.3. The molecule has 5 nitrogen and oxygen atoms in total. The minimum atomic E-state index is 0.236. The molecule has 0 fully saturated rings. The minimum Gasteiger partial charge on any atom is -0.355 e. The van der Waals surface area contributed by atoms with Gasteiger partial charge < -0.3 is 9.05 Å². The molecule has 3 aromatic heterocycles. The highest BCUT2D eigenvalue weighted by atomic mass is 32.1. The lowest BCUT2D eigenvalue weighted by atomic mass is 10.2. The number of nitrogens with zero attached hydrogens (tertiary/aromatic N) is 3. The smallest absolute Gasteiger partial charge is 0.229 e. The lowest BCUT2D eigenvalue weighted by Gasteiger charge is -1.91. The second kappa shape index (κ2) is 4.38. The largest absolute Gasteiger partial charge is 0.355 e. The Morgan fingerprint density at radius 2 is 1.94 bits per heavy atom. The fourth-order valence-corrected chi connectivity index (χ4v) is 2.39. The first kappa shape index (κ1) is 11.2. The third kappa shape index (κ3) is 1.95. The van der Waals surface area contributed by atoms with Gasteiger partial charge >= 0.3 is 0 Å². The van der Waals surface area contributed by atoms with E-state index in [0.717, 1.165) is 15.5 Å². The van der Waals surface area contributed by atoms with Crippen LogP contribution in [0.15, 0.2) is 33.4 Å². The van der Waals surface area contributed by atoms with Crippen LogP contribution in [-0.4, -0.2) is 15.3 Å². The van der Waals surface area contributed by atoms with E-state index < -0.39 is 0 Å². The standard InChI is InChI=1S/C12H11N3O2S/c1-7(2)12-14-11(15-17-12)10-4-3-9(18-10)8-5-6-13-16-8/h3-7H,1-2H3. The number of rotatable bonds is 3. The molecule has 0 saturated heterocycles. The number of hydrogen-bond donors (Lipinski definition) is 0. The fraction of sp³-hybridized carbons (Fsp3) is 0.250. The highest BCUT2D eigenvalue weighted by molar-refractivity contribution is 7.18. The van der Waals surface area contributed by atoms with Gasteiger partial charge in [-0.2, -0.15) is 4.98 Å². The van der Waals surface area contributed by atoms with Crippen molar-refractivity contribution in [2.24, 2.45) is 0 Å². The van der Waals surface area contributed by atoms with Crippen molar-refractivity contribution in [3.05, 3.63) is 30.3 Å². The van der Waals surface area contributed by atoms with E-state index in [1.165, 1.54) is 0 Å². The summed E-state index contributed by atoms with van der Waals surface area (Å²) in [6.45, 7) is 4.04. The molecule has 0 N–H and O–H groups in total. The lowest BCUT2D eigenvalue weighted by molar-refractivity contribution is 0.366. The van der Waals surface area contributed by atoms with Gasteiger partial charge in [-0.1, -0.05) is 24.2 Å². The second-order valence-corrected chi connectivity index (χ2v) is 5.24. The topological polar surface area (TPSA) is 65.0 Å². The maximum absolute atomic E-state index is 5.19. The van der Waals surface area contributed by atoms with Crippen LogP contribution in [0.25, 0.3) is 21.3 Å². The first-order chi connectivity index (χ1) is 8.74. The molecule has 0 spiro atoms. The Kier molecular flexibility index (Phi) is 2.71. The van der Waals surface area contributed by atoms with Crippen molar-refractivity contribution in [2.45, 2.75) is 19.8 Å². The molecule has 0 atom stereocenters. The molecule has 0 radical (unpaired) electrons. The van der Waals surface area contributed by atoms with Gasteiger partial charge in [-0.25, -0.2) is 0 Å². The summed E-state index contributed by atoms with van der Waals surface area (Å²) in [5.74, 6) is 2.26. The van der Waals surface area contributed by atoms with E-state index in [0.29, 0.717) is 11.7 Å². The molecular weight excluding hydrogens is 250 g/mol. The Morgan fingerprint density at radius 1 is 1.11 bits per heavy atom. The number of thiophene rings is 1. The van der Waals surface area contributed by atoms with E-state index in [9.17, 15) is 0 Å². The second-order valence-electron chi connectivity index (χ2n) is 4.15. The van der Waals surface area contributed by atoms with Crippen molar-refractivity contribution in [1.29, 1.82) is 0 Å². The number of hydrogen-bond acceptors (Lipinski definition) is 6. The van der Waals surface area contributed by atoms with Crippen LogP contribution in [0.4, 0.5) is 0 Å². The molecule has 0 aliphatic heterocycles. The maximum atomic E-state index is 5.19. The summed E-state index contributed by atoms with van der Waals surface area (Å²) in [5, 5.41) is 7.67. The van der Waals surface area contributed by atoms with Crippen molar-refractivity contribution < 1.29 is 9.05 Å². The predicted molar refractivity (Wildman–Crippen MR) is 67.2 cm³/mol. The summed E-state index contributed by atoms with van der Waals surface area (Å²) in [7, 11) is 0. The van der Waals surface area contributed by atoms with Crippen LogP contribution in [0, 0.1) is 0 Å². The van der Waals surface area contributed by atoms with Gasteiger partial charge in [0, 0.05) is 12.0 Å². The van der Waals surface area contributed by atoms with E-state index in [1.807, 2.05) is 32.0 Å². The molecule has 6 heteroatoms.